The Balaban J connectivity index is 1.27. The fourth-order valence-electron chi connectivity index (χ4n) is 3.96. The Morgan fingerprint density at radius 3 is 2.59 bits per heavy atom. The Morgan fingerprint density at radius 1 is 1.14 bits per heavy atom. The van der Waals surface area contributed by atoms with Gasteiger partial charge >= 0.3 is 0 Å². The third-order valence-electron chi connectivity index (χ3n) is 5.64. The Labute approximate surface area is 174 Å². The number of halogens is 1. The van der Waals surface area contributed by atoms with E-state index in [0.29, 0.717) is 18.2 Å². The van der Waals surface area contributed by atoms with Crippen molar-refractivity contribution in [3.8, 4) is 0 Å². The highest BCUT2D eigenvalue weighted by atomic mass is 32.2. The largest absolute Gasteiger partial charge is 0.342 e. The maximum Gasteiger partial charge on any atom is 0.228 e. The number of rotatable bonds is 5. The Hall–Kier alpha value is -2.41. The number of thioether (sulfide) groups is 1. The van der Waals surface area contributed by atoms with Crippen LogP contribution in [0, 0.1) is 17.7 Å². The van der Waals surface area contributed by atoms with E-state index in [4.69, 9.17) is 0 Å². The van der Waals surface area contributed by atoms with Crippen LogP contribution < -0.4 is 4.90 Å². The fraction of sp³-hybridized carbons (Fsp3) is 0.409. The number of carbonyl (C=O) groups is 2. The summed E-state index contributed by atoms with van der Waals surface area (Å²) in [6, 6.07) is 11.8. The standard InChI is InChI=1S/C22H24FN3O2S/c23-18-4-6-19(7-5-18)26-14-17(13-21(26)27)22(28)25-11-8-16(9-12-25)15-29-20-3-1-2-10-24-20/h1-7,10,16-17H,8-9,11-15H2/t17-/m1/s1. The molecule has 0 unspecified atom stereocenters. The SMILES string of the molecule is O=C([C@@H]1CC(=O)N(c2ccc(F)cc2)C1)N1CCC(CSc2ccccn2)CC1. The molecule has 0 bridgehead atoms. The number of anilines is 1. The van der Waals surface area contributed by atoms with Gasteiger partial charge in [-0.3, -0.25) is 9.59 Å². The molecule has 5 nitrogen and oxygen atoms in total. The summed E-state index contributed by atoms with van der Waals surface area (Å²) >= 11 is 1.77. The number of carbonyl (C=O) groups excluding carboxylic acids is 2. The van der Waals surface area contributed by atoms with Crippen molar-refractivity contribution in [2.45, 2.75) is 24.3 Å². The predicted molar refractivity (Wildman–Crippen MR) is 111 cm³/mol. The van der Waals surface area contributed by atoms with E-state index in [1.807, 2.05) is 29.3 Å². The van der Waals surface area contributed by atoms with Crippen molar-refractivity contribution in [2.75, 3.05) is 30.3 Å². The summed E-state index contributed by atoms with van der Waals surface area (Å²) in [4.78, 5) is 33.2. The molecule has 152 valence electrons. The first-order valence-corrected chi connectivity index (χ1v) is 11.0. The third-order valence-corrected chi connectivity index (χ3v) is 6.82. The number of hydrogen-bond donors (Lipinski definition) is 0. The molecule has 0 aliphatic carbocycles. The average molecular weight is 414 g/mol. The minimum atomic E-state index is -0.336. The molecule has 0 N–H and O–H groups in total. The maximum atomic E-state index is 13.1. The van der Waals surface area contributed by atoms with E-state index in [1.165, 1.54) is 12.1 Å². The molecule has 3 heterocycles. The van der Waals surface area contributed by atoms with Gasteiger partial charge in [-0.15, -0.1) is 11.8 Å². The molecular weight excluding hydrogens is 389 g/mol. The van der Waals surface area contributed by atoms with Crippen molar-refractivity contribution in [3.05, 3.63) is 54.5 Å². The minimum Gasteiger partial charge on any atom is -0.342 e. The molecule has 2 saturated heterocycles. The monoisotopic (exact) mass is 413 g/mol. The lowest BCUT2D eigenvalue weighted by molar-refractivity contribution is -0.137. The van der Waals surface area contributed by atoms with Crippen LogP contribution in [-0.2, 0) is 9.59 Å². The first kappa shape index (κ1) is 19.9. The highest BCUT2D eigenvalue weighted by Crippen LogP contribution is 2.29. The minimum absolute atomic E-state index is 0.0683. The molecular formula is C22H24FN3O2S. The average Bonchev–Trinajstić information content (AvgIpc) is 3.15. The van der Waals surface area contributed by atoms with Crippen LogP contribution in [0.1, 0.15) is 19.3 Å². The lowest BCUT2D eigenvalue weighted by Gasteiger charge is -2.33. The smallest absolute Gasteiger partial charge is 0.228 e. The molecule has 29 heavy (non-hydrogen) atoms. The lowest BCUT2D eigenvalue weighted by atomic mass is 9.97. The molecule has 1 atom stereocenters. The van der Waals surface area contributed by atoms with E-state index in [9.17, 15) is 14.0 Å². The molecule has 2 aliphatic rings. The first-order chi connectivity index (χ1) is 14.1. The number of amides is 2. The number of aromatic nitrogens is 1. The summed E-state index contributed by atoms with van der Waals surface area (Å²) in [6.45, 7) is 1.86. The van der Waals surface area contributed by atoms with Crippen LogP contribution in [0.3, 0.4) is 0 Å². The van der Waals surface area contributed by atoms with Crippen LogP contribution in [0.4, 0.5) is 10.1 Å². The zero-order chi connectivity index (χ0) is 20.2. The van der Waals surface area contributed by atoms with E-state index in [1.54, 1.807) is 28.8 Å². The van der Waals surface area contributed by atoms with Crippen LogP contribution in [0.5, 0.6) is 0 Å². The second-order valence-corrected chi connectivity index (χ2v) is 8.67. The zero-order valence-corrected chi connectivity index (χ0v) is 17.0. The molecule has 2 aliphatic heterocycles. The van der Waals surface area contributed by atoms with Gasteiger partial charge in [-0.1, -0.05) is 6.07 Å². The molecule has 7 heteroatoms. The van der Waals surface area contributed by atoms with Crippen molar-refractivity contribution in [3.63, 3.8) is 0 Å². The quantitative estimate of drug-likeness (QED) is 0.703. The summed E-state index contributed by atoms with van der Waals surface area (Å²) in [5, 5.41) is 1.04. The van der Waals surface area contributed by atoms with Crippen LogP contribution in [0.2, 0.25) is 0 Å². The van der Waals surface area contributed by atoms with E-state index >= 15 is 0 Å². The molecule has 2 amide bonds. The Morgan fingerprint density at radius 2 is 1.90 bits per heavy atom. The van der Waals surface area contributed by atoms with Gasteiger partial charge in [0.2, 0.25) is 11.8 Å². The van der Waals surface area contributed by atoms with Gasteiger partial charge in [0.1, 0.15) is 5.82 Å². The molecule has 2 fully saturated rings. The molecule has 1 aromatic heterocycles. The topological polar surface area (TPSA) is 53.5 Å². The first-order valence-electron chi connectivity index (χ1n) is 9.98. The normalized spacial score (nSPS) is 20.3. The van der Waals surface area contributed by atoms with Crippen molar-refractivity contribution < 1.29 is 14.0 Å². The Kier molecular flexibility index (Phi) is 6.13. The van der Waals surface area contributed by atoms with E-state index in [2.05, 4.69) is 4.98 Å². The molecule has 0 radical (unpaired) electrons. The molecule has 0 spiro atoms. The van der Waals surface area contributed by atoms with Gasteiger partial charge in [0, 0.05) is 43.7 Å². The van der Waals surface area contributed by atoms with E-state index < -0.39 is 0 Å². The van der Waals surface area contributed by atoms with Gasteiger partial charge < -0.3 is 9.80 Å². The summed E-state index contributed by atoms with van der Waals surface area (Å²) in [5.41, 5.74) is 0.650. The number of hydrogen-bond acceptors (Lipinski definition) is 4. The van der Waals surface area contributed by atoms with Crippen LogP contribution in [0.25, 0.3) is 0 Å². The van der Waals surface area contributed by atoms with Gasteiger partial charge in [-0.05, 0) is 55.2 Å². The summed E-state index contributed by atoms with van der Waals surface area (Å²) in [7, 11) is 0. The van der Waals surface area contributed by atoms with Crippen molar-refractivity contribution in [2.24, 2.45) is 11.8 Å². The van der Waals surface area contributed by atoms with Crippen LogP contribution in [0.15, 0.2) is 53.7 Å². The molecule has 0 saturated carbocycles. The van der Waals surface area contributed by atoms with Crippen LogP contribution in [-0.4, -0.2) is 47.1 Å². The van der Waals surface area contributed by atoms with E-state index in [-0.39, 0.29) is 30.0 Å². The van der Waals surface area contributed by atoms with Gasteiger partial charge in [-0.25, -0.2) is 9.37 Å². The van der Waals surface area contributed by atoms with Gasteiger partial charge in [0.15, 0.2) is 0 Å². The number of likely N-dealkylation sites (tertiary alicyclic amines) is 1. The van der Waals surface area contributed by atoms with Crippen molar-refractivity contribution >= 4 is 29.3 Å². The number of benzene rings is 1. The number of piperidine rings is 1. The van der Waals surface area contributed by atoms with Crippen molar-refractivity contribution in [1.29, 1.82) is 0 Å². The summed E-state index contributed by atoms with van der Waals surface area (Å²) in [6.07, 6.45) is 4.00. The molecule has 2 aromatic rings. The van der Waals surface area contributed by atoms with Crippen LogP contribution >= 0.6 is 11.8 Å². The highest BCUT2D eigenvalue weighted by Gasteiger charge is 2.38. The Bertz CT molecular complexity index is 854. The van der Waals surface area contributed by atoms with Gasteiger partial charge in [0.05, 0.1) is 10.9 Å². The fourth-order valence-corrected chi connectivity index (χ4v) is 5.01. The zero-order valence-electron chi connectivity index (χ0n) is 16.2. The molecule has 1 aromatic carbocycles. The predicted octanol–water partition coefficient (Wildman–Crippen LogP) is 3.60. The summed E-state index contributed by atoms with van der Waals surface area (Å²) in [5.74, 6) is 0.936. The second kappa shape index (κ2) is 8.95. The lowest BCUT2D eigenvalue weighted by Crippen LogP contribution is -2.42. The molecule has 4 rings (SSSR count). The van der Waals surface area contributed by atoms with Gasteiger partial charge in [0.25, 0.3) is 0 Å². The second-order valence-electron chi connectivity index (χ2n) is 7.63. The summed E-state index contributed by atoms with van der Waals surface area (Å²) < 4.78 is 13.1. The third kappa shape index (κ3) is 4.78. The highest BCUT2D eigenvalue weighted by molar-refractivity contribution is 7.99. The van der Waals surface area contributed by atoms with Crippen molar-refractivity contribution in [1.82, 2.24) is 9.88 Å². The van der Waals surface area contributed by atoms with E-state index in [0.717, 1.165) is 36.7 Å². The number of nitrogens with zero attached hydrogens (tertiary/aromatic N) is 3. The van der Waals surface area contributed by atoms with Gasteiger partial charge in [-0.2, -0.15) is 0 Å². The number of pyridine rings is 1. The maximum absolute atomic E-state index is 13.1.